The van der Waals surface area contributed by atoms with Gasteiger partial charge in [-0.05, 0) is 13.0 Å². The monoisotopic (exact) mass is 406 g/mol. The molecule has 1 atom stereocenters. The van der Waals surface area contributed by atoms with E-state index in [9.17, 15) is 22.8 Å². The zero-order valence-electron chi connectivity index (χ0n) is 14.8. The van der Waals surface area contributed by atoms with Gasteiger partial charge in [0.25, 0.3) is 0 Å². The van der Waals surface area contributed by atoms with Gasteiger partial charge in [-0.1, -0.05) is 18.2 Å². The number of nitrogens with zero attached hydrogens (tertiary/aromatic N) is 1. The van der Waals surface area contributed by atoms with Crippen molar-refractivity contribution in [3.05, 3.63) is 29.8 Å². The molecule has 1 aliphatic rings. The first-order chi connectivity index (χ1) is 12.8. The Balaban J connectivity index is 1.93. The van der Waals surface area contributed by atoms with E-state index in [1.54, 1.807) is 29.7 Å². The van der Waals surface area contributed by atoms with E-state index >= 15 is 0 Å². The van der Waals surface area contributed by atoms with Crippen LogP contribution in [0, 0.1) is 0 Å². The van der Waals surface area contributed by atoms with E-state index in [2.05, 4.69) is 10.1 Å². The van der Waals surface area contributed by atoms with Crippen LogP contribution in [0.5, 0.6) is 5.75 Å². The number of halogens is 3. The van der Waals surface area contributed by atoms with Gasteiger partial charge in [0, 0.05) is 30.2 Å². The quantitative estimate of drug-likeness (QED) is 0.701. The van der Waals surface area contributed by atoms with Crippen LogP contribution in [0.1, 0.15) is 12.5 Å². The van der Waals surface area contributed by atoms with Crippen LogP contribution in [0.25, 0.3) is 0 Å². The highest BCUT2D eigenvalue weighted by atomic mass is 32.2. The third kappa shape index (κ3) is 6.94. The number of amides is 1. The van der Waals surface area contributed by atoms with Gasteiger partial charge >= 0.3 is 12.3 Å². The number of para-hydroxylation sites is 1. The van der Waals surface area contributed by atoms with Crippen molar-refractivity contribution in [2.24, 2.45) is 0 Å². The Morgan fingerprint density at radius 1 is 1.33 bits per heavy atom. The highest BCUT2D eigenvalue weighted by Gasteiger charge is 2.33. The van der Waals surface area contributed by atoms with Crippen LogP contribution in [0.3, 0.4) is 0 Å². The average Bonchev–Trinajstić information content (AvgIpc) is 2.60. The van der Waals surface area contributed by atoms with Crippen molar-refractivity contribution in [1.29, 1.82) is 0 Å². The van der Waals surface area contributed by atoms with Gasteiger partial charge < -0.3 is 14.8 Å². The Kier molecular flexibility index (Phi) is 7.78. The minimum absolute atomic E-state index is 0.0354. The first-order valence-corrected chi connectivity index (χ1v) is 9.54. The molecule has 150 valence electrons. The zero-order valence-corrected chi connectivity index (χ0v) is 15.6. The van der Waals surface area contributed by atoms with Crippen LogP contribution in [0.15, 0.2) is 24.3 Å². The predicted octanol–water partition coefficient (Wildman–Crippen LogP) is 2.18. The number of ether oxygens (including phenoxy) is 2. The third-order valence-electron chi connectivity index (χ3n) is 3.82. The van der Waals surface area contributed by atoms with Gasteiger partial charge in [-0.3, -0.25) is 14.5 Å². The van der Waals surface area contributed by atoms with Gasteiger partial charge in [0.15, 0.2) is 0 Å². The lowest BCUT2D eigenvalue weighted by Crippen LogP contribution is -2.51. The molecular weight excluding hydrogens is 385 g/mol. The third-order valence-corrected chi connectivity index (χ3v) is 4.84. The molecule has 10 heteroatoms. The van der Waals surface area contributed by atoms with Crippen molar-refractivity contribution in [1.82, 2.24) is 10.2 Å². The maximum absolute atomic E-state index is 12.4. The zero-order chi connectivity index (χ0) is 19.9. The summed E-state index contributed by atoms with van der Waals surface area (Å²) in [5.74, 6) is 0.198. The molecule has 0 saturated carbocycles. The summed E-state index contributed by atoms with van der Waals surface area (Å²) in [6, 6.07) is 5.11. The molecule has 1 aromatic rings. The van der Waals surface area contributed by atoms with E-state index in [0.29, 0.717) is 12.3 Å². The second-order valence-corrected chi connectivity index (χ2v) is 6.90. The first-order valence-electron chi connectivity index (χ1n) is 8.39. The maximum Gasteiger partial charge on any atom is 0.573 e. The number of nitrogens with one attached hydrogen (secondary N) is 1. The van der Waals surface area contributed by atoms with E-state index in [-0.39, 0.29) is 37.0 Å². The fourth-order valence-corrected chi connectivity index (χ4v) is 3.69. The number of carbonyl (C=O) groups is 2. The summed E-state index contributed by atoms with van der Waals surface area (Å²) in [5.41, 5.74) is 0.208. The van der Waals surface area contributed by atoms with Crippen LogP contribution >= 0.6 is 11.8 Å². The van der Waals surface area contributed by atoms with Crippen LogP contribution in [0.2, 0.25) is 0 Å². The maximum atomic E-state index is 12.4. The van der Waals surface area contributed by atoms with Crippen LogP contribution in [-0.4, -0.2) is 60.4 Å². The highest BCUT2D eigenvalue weighted by Crippen LogP contribution is 2.26. The molecule has 1 saturated heterocycles. The number of rotatable bonds is 7. The summed E-state index contributed by atoms with van der Waals surface area (Å²) in [4.78, 5) is 26.0. The molecule has 0 radical (unpaired) electrons. The molecule has 1 unspecified atom stereocenters. The second-order valence-electron chi connectivity index (χ2n) is 5.75. The largest absolute Gasteiger partial charge is 0.573 e. The molecule has 1 aromatic carbocycles. The minimum Gasteiger partial charge on any atom is -0.465 e. The Labute approximate surface area is 159 Å². The molecule has 0 aliphatic carbocycles. The molecule has 0 bridgehead atoms. The summed E-state index contributed by atoms with van der Waals surface area (Å²) >= 11 is 1.61. The van der Waals surface area contributed by atoms with Crippen molar-refractivity contribution in [3.8, 4) is 5.75 Å². The topological polar surface area (TPSA) is 67.9 Å². The predicted molar refractivity (Wildman–Crippen MR) is 94.3 cm³/mol. The average molecular weight is 406 g/mol. The van der Waals surface area contributed by atoms with Crippen molar-refractivity contribution >= 4 is 23.6 Å². The van der Waals surface area contributed by atoms with Crippen molar-refractivity contribution < 1.29 is 32.2 Å². The molecule has 2 rings (SSSR count). The summed E-state index contributed by atoms with van der Waals surface area (Å²) in [7, 11) is 0. The molecule has 1 fully saturated rings. The molecule has 0 aromatic heterocycles. The van der Waals surface area contributed by atoms with Gasteiger partial charge in [-0.25, -0.2) is 0 Å². The Morgan fingerprint density at radius 3 is 2.78 bits per heavy atom. The number of alkyl halides is 3. The molecule has 1 N–H and O–H groups in total. The van der Waals surface area contributed by atoms with E-state index in [4.69, 9.17) is 4.74 Å². The molecule has 27 heavy (non-hydrogen) atoms. The van der Waals surface area contributed by atoms with E-state index in [1.165, 1.54) is 18.2 Å². The standard InChI is InChI=1S/C17H21F3N2O4S/c1-2-25-16(24)13-11-27-8-7-22(13)10-15(23)21-9-12-5-3-4-6-14(12)26-17(18,19)20/h3-6,13H,2,7-11H2,1H3,(H,21,23). The van der Waals surface area contributed by atoms with E-state index in [1.807, 2.05) is 0 Å². The second kappa shape index (κ2) is 9.84. The number of hydrogen-bond acceptors (Lipinski definition) is 6. The Morgan fingerprint density at radius 2 is 2.07 bits per heavy atom. The number of carbonyl (C=O) groups excluding carboxylic acids is 2. The number of esters is 1. The van der Waals surface area contributed by atoms with Gasteiger partial charge in [0.1, 0.15) is 11.8 Å². The van der Waals surface area contributed by atoms with Crippen LogP contribution < -0.4 is 10.1 Å². The summed E-state index contributed by atoms with van der Waals surface area (Å²) in [6.07, 6.45) is -4.81. The van der Waals surface area contributed by atoms with Gasteiger partial charge in [0.2, 0.25) is 5.91 Å². The number of thioether (sulfide) groups is 1. The summed E-state index contributed by atoms with van der Waals surface area (Å²) < 4.78 is 46.3. The fourth-order valence-electron chi connectivity index (χ4n) is 2.59. The molecule has 0 spiro atoms. The molecular formula is C17H21F3N2O4S. The lowest BCUT2D eigenvalue weighted by Gasteiger charge is -2.32. The Bertz CT molecular complexity index is 657. The summed E-state index contributed by atoms with van der Waals surface area (Å²) in [6.45, 7) is 2.38. The minimum atomic E-state index is -4.81. The smallest absolute Gasteiger partial charge is 0.465 e. The molecule has 6 nitrogen and oxygen atoms in total. The highest BCUT2D eigenvalue weighted by molar-refractivity contribution is 7.99. The lowest BCUT2D eigenvalue weighted by molar-refractivity contribution is -0.274. The fraction of sp³-hybridized carbons (Fsp3) is 0.529. The molecule has 1 amide bonds. The van der Waals surface area contributed by atoms with Crippen molar-refractivity contribution in [2.75, 3.05) is 31.2 Å². The van der Waals surface area contributed by atoms with Gasteiger partial charge in [-0.2, -0.15) is 11.8 Å². The lowest BCUT2D eigenvalue weighted by atomic mass is 10.2. The van der Waals surface area contributed by atoms with Gasteiger partial charge in [0.05, 0.1) is 13.2 Å². The normalized spacial score (nSPS) is 18.0. The van der Waals surface area contributed by atoms with Crippen LogP contribution in [-0.2, 0) is 20.9 Å². The van der Waals surface area contributed by atoms with Crippen LogP contribution in [0.4, 0.5) is 13.2 Å². The molecule has 1 heterocycles. The molecule has 1 aliphatic heterocycles. The summed E-state index contributed by atoms with van der Waals surface area (Å²) in [5, 5.41) is 2.58. The van der Waals surface area contributed by atoms with Crippen molar-refractivity contribution in [2.45, 2.75) is 25.9 Å². The SMILES string of the molecule is CCOC(=O)C1CSCCN1CC(=O)NCc1ccccc1OC(F)(F)F. The van der Waals surface area contributed by atoms with Gasteiger partial charge in [-0.15, -0.1) is 13.2 Å². The Hall–Kier alpha value is -1.94. The van der Waals surface area contributed by atoms with E-state index < -0.39 is 18.3 Å². The number of benzene rings is 1. The number of hydrogen-bond donors (Lipinski definition) is 1. The van der Waals surface area contributed by atoms with E-state index in [0.717, 1.165) is 5.75 Å². The van der Waals surface area contributed by atoms with Crippen molar-refractivity contribution in [3.63, 3.8) is 0 Å². The first kappa shape index (κ1) is 21.4.